The van der Waals surface area contributed by atoms with E-state index in [0.717, 1.165) is 49.8 Å². The van der Waals surface area contributed by atoms with Crippen molar-refractivity contribution < 1.29 is 4.79 Å². The number of carbonyl (C=O) groups is 1. The number of nitrogens with zero attached hydrogens (tertiary/aromatic N) is 5. The molecule has 0 N–H and O–H groups in total. The number of amides is 1. The molecule has 2 saturated carbocycles. The molecular formula is C19H25N5O. The summed E-state index contributed by atoms with van der Waals surface area (Å²) in [5.74, 6) is 1.97. The molecule has 6 heteroatoms. The van der Waals surface area contributed by atoms with Crippen LogP contribution in [0.4, 0.5) is 0 Å². The SMILES string of the molecule is Cc1nn2cccnc2c1C(=O)N1CCN([C@@H]2C[C@H]3CC[C@H]2C3)CC1. The average molecular weight is 339 g/mol. The van der Waals surface area contributed by atoms with Crippen molar-refractivity contribution in [3.05, 3.63) is 29.7 Å². The molecule has 2 aliphatic carbocycles. The highest BCUT2D eigenvalue weighted by Crippen LogP contribution is 2.46. The lowest BCUT2D eigenvalue weighted by molar-refractivity contribution is 0.0496. The largest absolute Gasteiger partial charge is 0.336 e. The Hall–Kier alpha value is -1.95. The molecule has 0 spiro atoms. The Labute approximate surface area is 147 Å². The smallest absolute Gasteiger partial charge is 0.259 e. The summed E-state index contributed by atoms with van der Waals surface area (Å²) in [6, 6.07) is 2.61. The van der Waals surface area contributed by atoms with Gasteiger partial charge in [-0.25, -0.2) is 9.50 Å². The summed E-state index contributed by atoms with van der Waals surface area (Å²) in [6.45, 7) is 5.54. The number of rotatable bonds is 2. The van der Waals surface area contributed by atoms with Gasteiger partial charge >= 0.3 is 0 Å². The number of hydrogen-bond acceptors (Lipinski definition) is 4. The molecule has 0 unspecified atom stereocenters. The normalized spacial score (nSPS) is 29.6. The van der Waals surface area contributed by atoms with Gasteiger partial charge < -0.3 is 4.90 Å². The molecule has 1 saturated heterocycles. The maximum Gasteiger partial charge on any atom is 0.259 e. The molecule has 0 aromatic carbocycles. The van der Waals surface area contributed by atoms with Gasteiger partial charge in [0.05, 0.1) is 5.69 Å². The van der Waals surface area contributed by atoms with Crippen LogP contribution in [0.1, 0.15) is 41.7 Å². The summed E-state index contributed by atoms with van der Waals surface area (Å²) < 4.78 is 1.70. The van der Waals surface area contributed by atoms with E-state index in [0.29, 0.717) is 11.2 Å². The van der Waals surface area contributed by atoms with Crippen molar-refractivity contribution in [1.82, 2.24) is 24.4 Å². The van der Waals surface area contributed by atoms with E-state index < -0.39 is 0 Å². The van der Waals surface area contributed by atoms with Crippen LogP contribution in [0.15, 0.2) is 18.5 Å². The third kappa shape index (κ3) is 2.46. The van der Waals surface area contributed by atoms with Crippen molar-refractivity contribution in [2.24, 2.45) is 11.8 Å². The van der Waals surface area contributed by atoms with Crippen LogP contribution in [0.2, 0.25) is 0 Å². The Bertz CT molecular complexity index is 807. The molecule has 6 nitrogen and oxygen atoms in total. The molecule has 2 aromatic heterocycles. The van der Waals surface area contributed by atoms with E-state index in [1.807, 2.05) is 24.1 Å². The Morgan fingerprint density at radius 1 is 1.16 bits per heavy atom. The predicted octanol–water partition coefficient (Wildman–Crippen LogP) is 1.98. The molecule has 3 aliphatic rings. The van der Waals surface area contributed by atoms with Gasteiger partial charge in [0.1, 0.15) is 5.56 Å². The van der Waals surface area contributed by atoms with E-state index in [1.165, 1.54) is 25.7 Å². The van der Waals surface area contributed by atoms with Crippen LogP contribution in [0.3, 0.4) is 0 Å². The first-order valence-corrected chi connectivity index (χ1v) is 9.54. The third-order valence-electron chi connectivity index (χ3n) is 6.56. The molecule has 3 atom stereocenters. The zero-order valence-electron chi connectivity index (χ0n) is 14.8. The number of aromatic nitrogens is 3. The minimum atomic E-state index is 0.0822. The predicted molar refractivity (Wildman–Crippen MR) is 94.4 cm³/mol. The zero-order valence-corrected chi connectivity index (χ0v) is 14.8. The quantitative estimate of drug-likeness (QED) is 0.840. The minimum Gasteiger partial charge on any atom is -0.336 e. The van der Waals surface area contributed by atoms with Crippen molar-refractivity contribution in [2.45, 2.75) is 38.6 Å². The molecular weight excluding hydrogens is 314 g/mol. The van der Waals surface area contributed by atoms with E-state index in [4.69, 9.17) is 0 Å². The third-order valence-corrected chi connectivity index (χ3v) is 6.56. The Balaban J connectivity index is 1.30. The van der Waals surface area contributed by atoms with Crippen molar-refractivity contribution >= 4 is 11.6 Å². The van der Waals surface area contributed by atoms with Gasteiger partial charge in [-0.2, -0.15) is 5.10 Å². The van der Waals surface area contributed by atoms with E-state index in [1.54, 1.807) is 10.7 Å². The first-order valence-electron chi connectivity index (χ1n) is 9.54. The maximum absolute atomic E-state index is 13.1. The number of hydrogen-bond donors (Lipinski definition) is 0. The molecule has 1 aliphatic heterocycles. The van der Waals surface area contributed by atoms with Crippen molar-refractivity contribution in [3.8, 4) is 0 Å². The van der Waals surface area contributed by atoms with Gasteiger partial charge in [0.2, 0.25) is 0 Å². The van der Waals surface area contributed by atoms with Gasteiger partial charge in [-0.3, -0.25) is 9.69 Å². The number of aryl methyl sites for hydroxylation is 1. The van der Waals surface area contributed by atoms with Gasteiger partial charge in [-0.15, -0.1) is 0 Å². The van der Waals surface area contributed by atoms with Gasteiger partial charge in [-0.05, 0) is 44.1 Å². The maximum atomic E-state index is 13.1. The van der Waals surface area contributed by atoms with Crippen LogP contribution >= 0.6 is 0 Å². The number of carbonyl (C=O) groups excluding carboxylic acids is 1. The Morgan fingerprint density at radius 3 is 2.72 bits per heavy atom. The van der Waals surface area contributed by atoms with Gasteiger partial charge in [0.25, 0.3) is 5.91 Å². The van der Waals surface area contributed by atoms with Crippen LogP contribution in [0, 0.1) is 18.8 Å². The fourth-order valence-corrected chi connectivity index (χ4v) is 5.32. The Kier molecular flexibility index (Phi) is 3.55. The average Bonchev–Trinajstić information content (AvgIpc) is 3.34. The minimum absolute atomic E-state index is 0.0822. The van der Waals surface area contributed by atoms with Gasteiger partial charge in [-0.1, -0.05) is 6.42 Å². The molecule has 3 fully saturated rings. The zero-order chi connectivity index (χ0) is 17.0. The summed E-state index contributed by atoms with van der Waals surface area (Å²) in [5.41, 5.74) is 2.09. The lowest BCUT2D eigenvalue weighted by Crippen LogP contribution is -2.53. The topological polar surface area (TPSA) is 53.7 Å². The number of fused-ring (bicyclic) bond motifs is 3. The molecule has 0 radical (unpaired) electrons. The second-order valence-electron chi connectivity index (χ2n) is 7.92. The van der Waals surface area contributed by atoms with Crippen molar-refractivity contribution in [3.63, 3.8) is 0 Å². The van der Waals surface area contributed by atoms with Crippen LogP contribution in [-0.2, 0) is 0 Å². The molecule has 1 amide bonds. The lowest BCUT2D eigenvalue weighted by Gasteiger charge is -2.41. The van der Waals surface area contributed by atoms with Gasteiger partial charge in [0.15, 0.2) is 5.65 Å². The van der Waals surface area contributed by atoms with Crippen molar-refractivity contribution in [2.75, 3.05) is 26.2 Å². The highest BCUT2D eigenvalue weighted by atomic mass is 16.2. The first-order chi connectivity index (χ1) is 12.2. The van der Waals surface area contributed by atoms with Gasteiger partial charge in [0, 0.05) is 44.6 Å². The van der Waals surface area contributed by atoms with Crippen LogP contribution < -0.4 is 0 Å². The van der Waals surface area contributed by atoms with E-state index in [-0.39, 0.29) is 5.91 Å². The highest BCUT2D eigenvalue weighted by Gasteiger charge is 2.43. The lowest BCUT2D eigenvalue weighted by atomic mass is 9.93. The van der Waals surface area contributed by atoms with Crippen LogP contribution in [0.5, 0.6) is 0 Å². The highest BCUT2D eigenvalue weighted by molar-refractivity contribution is 6.01. The van der Waals surface area contributed by atoms with E-state index in [9.17, 15) is 4.79 Å². The molecule has 132 valence electrons. The molecule has 2 aromatic rings. The number of piperazine rings is 1. The fraction of sp³-hybridized carbons (Fsp3) is 0.632. The second-order valence-corrected chi connectivity index (χ2v) is 7.92. The van der Waals surface area contributed by atoms with E-state index >= 15 is 0 Å². The van der Waals surface area contributed by atoms with E-state index in [2.05, 4.69) is 15.0 Å². The summed E-state index contributed by atoms with van der Waals surface area (Å²) in [6.07, 6.45) is 9.26. The summed E-state index contributed by atoms with van der Waals surface area (Å²) in [5, 5.41) is 4.43. The Morgan fingerprint density at radius 2 is 2.00 bits per heavy atom. The van der Waals surface area contributed by atoms with Crippen molar-refractivity contribution in [1.29, 1.82) is 0 Å². The summed E-state index contributed by atoms with van der Waals surface area (Å²) in [4.78, 5) is 22.1. The summed E-state index contributed by atoms with van der Waals surface area (Å²) in [7, 11) is 0. The standard InChI is InChI=1S/C19H25N5O/c1-13-17(18-20-5-2-6-24(18)21-13)19(25)23-9-7-22(8-10-23)16-12-14-3-4-15(16)11-14/h2,5-6,14-16H,3-4,7-12H2,1H3/t14-,15-,16+/m0/s1. The monoisotopic (exact) mass is 339 g/mol. The molecule has 25 heavy (non-hydrogen) atoms. The van der Waals surface area contributed by atoms with Crippen LogP contribution in [-0.4, -0.2) is 62.5 Å². The van der Waals surface area contributed by atoms with Crippen LogP contribution in [0.25, 0.3) is 5.65 Å². The summed E-state index contributed by atoms with van der Waals surface area (Å²) >= 11 is 0. The second kappa shape index (κ2) is 5.80. The molecule has 3 heterocycles. The molecule has 5 rings (SSSR count). The first kappa shape index (κ1) is 15.3. The molecule has 2 bridgehead atoms. The fourth-order valence-electron chi connectivity index (χ4n) is 5.32.